The van der Waals surface area contributed by atoms with Crippen LogP contribution in [0.1, 0.15) is 13.3 Å². The Morgan fingerprint density at radius 2 is 2.00 bits per heavy atom. The fraction of sp³-hybridized carbons (Fsp3) is 0.176. The fourth-order valence-corrected chi connectivity index (χ4v) is 2.18. The Bertz CT molecular complexity index is 722. The number of pyridine rings is 2. The number of rotatable bonds is 4. The average molecular weight is 263 g/mol. The minimum absolute atomic E-state index is 0.927. The Kier molecular flexibility index (Phi) is 3.59. The number of nitrogens with zero attached hydrogens (tertiary/aromatic N) is 2. The number of hydrogen-bond acceptors (Lipinski definition) is 3. The van der Waals surface area contributed by atoms with Crippen molar-refractivity contribution in [1.29, 1.82) is 0 Å². The normalized spacial score (nSPS) is 10.7. The molecule has 3 nitrogen and oxygen atoms in total. The van der Waals surface area contributed by atoms with Gasteiger partial charge in [-0.2, -0.15) is 0 Å². The van der Waals surface area contributed by atoms with Gasteiger partial charge in [-0.15, -0.1) is 0 Å². The molecule has 0 atom stereocenters. The summed E-state index contributed by atoms with van der Waals surface area (Å²) in [6, 6.07) is 16.3. The second-order valence-corrected chi connectivity index (χ2v) is 4.75. The zero-order valence-corrected chi connectivity index (χ0v) is 11.5. The molecule has 2 heterocycles. The summed E-state index contributed by atoms with van der Waals surface area (Å²) in [4.78, 5) is 9.00. The van der Waals surface area contributed by atoms with Gasteiger partial charge in [0.15, 0.2) is 0 Å². The smallest absolute Gasteiger partial charge is 0.126 e. The molecule has 0 saturated carbocycles. The van der Waals surface area contributed by atoms with E-state index in [0.29, 0.717) is 0 Å². The molecule has 0 saturated heterocycles. The molecule has 3 rings (SSSR count). The van der Waals surface area contributed by atoms with Gasteiger partial charge in [0.1, 0.15) is 5.82 Å². The summed E-state index contributed by atoms with van der Waals surface area (Å²) in [5, 5.41) is 4.46. The molecule has 100 valence electrons. The fourth-order valence-electron chi connectivity index (χ4n) is 2.18. The van der Waals surface area contributed by atoms with E-state index in [1.54, 1.807) is 0 Å². The van der Waals surface area contributed by atoms with Crippen LogP contribution >= 0.6 is 0 Å². The van der Waals surface area contributed by atoms with Gasteiger partial charge in [-0.25, -0.2) is 4.98 Å². The van der Waals surface area contributed by atoms with E-state index in [2.05, 4.69) is 40.4 Å². The second-order valence-electron chi connectivity index (χ2n) is 4.75. The van der Waals surface area contributed by atoms with Gasteiger partial charge in [0, 0.05) is 23.7 Å². The number of aromatic nitrogens is 2. The van der Waals surface area contributed by atoms with Gasteiger partial charge in [0.05, 0.1) is 11.2 Å². The maximum absolute atomic E-state index is 4.66. The van der Waals surface area contributed by atoms with Crippen LogP contribution in [0, 0.1) is 0 Å². The molecule has 3 heteroatoms. The van der Waals surface area contributed by atoms with E-state index in [1.165, 1.54) is 0 Å². The minimum atomic E-state index is 0.927. The number of hydrogen-bond donors (Lipinski definition) is 1. The molecule has 2 aromatic heterocycles. The summed E-state index contributed by atoms with van der Waals surface area (Å²) >= 11 is 0. The van der Waals surface area contributed by atoms with Crippen LogP contribution < -0.4 is 5.32 Å². The van der Waals surface area contributed by atoms with Gasteiger partial charge in [-0.3, -0.25) is 4.98 Å². The van der Waals surface area contributed by atoms with Crippen molar-refractivity contribution in [2.75, 3.05) is 11.9 Å². The van der Waals surface area contributed by atoms with E-state index in [-0.39, 0.29) is 0 Å². The zero-order chi connectivity index (χ0) is 13.8. The first kappa shape index (κ1) is 12.6. The third-order valence-corrected chi connectivity index (χ3v) is 3.20. The van der Waals surface area contributed by atoms with Crippen molar-refractivity contribution in [3.8, 4) is 11.3 Å². The van der Waals surface area contributed by atoms with E-state index in [9.17, 15) is 0 Å². The molecular weight excluding hydrogens is 246 g/mol. The van der Waals surface area contributed by atoms with Crippen LogP contribution in [0.25, 0.3) is 22.2 Å². The first-order valence-corrected chi connectivity index (χ1v) is 6.93. The van der Waals surface area contributed by atoms with Gasteiger partial charge >= 0.3 is 0 Å². The Morgan fingerprint density at radius 1 is 1.05 bits per heavy atom. The summed E-state index contributed by atoms with van der Waals surface area (Å²) in [6.45, 7) is 3.09. The maximum Gasteiger partial charge on any atom is 0.126 e. The number of benzene rings is 1. The first-order valence-electron chi connectivity index (χ1n) is 6.93. The number of nitrogens with one attached hydrogen (secondary N) is 1. The predicted octanol–water partition coefficient (Wildman–Crippen LogP) is 4.12. The lowest BCUT2D eigenvalue weighted by Crippen LogP contribution is -2.01. The average Bonchev–Trinajstić information content (AvgIpc) is 2.53. The lowest BCUT2D eigenvalue weighted by molar-refractivity contribution is 0.970. The van der Waals surface area contributed by atoms with E-state index in [1.807, 2.05) is 36.5 Å². The molecule has 0 aliphatic carbocycles. The second kappa shape index (κ2) is 5.70. The van der Waals surface area contributed by atoms with E-state index >= 15 is 0 Å². The van der Waals surface area contributed by atoms with Crippen LogP contribution in [-0.4, -0.2) is 16.5 Å². The quantitative estimate of drug-likeness (QED) is 0.769. The Balaban J connectivity index is 1.97. The lowest BCUT2D eigenvalue weighted by Gasteiger charge is -2.07. The highest BCUT2D eigenvalue weighted by molar-refractivity contribution is 5.83. The molecule has 0 radical (unpaired) electrons. The van der Waals surface area contributed by atoms with Crippen molar-refractivity contribution >= 4 is 16.7 Å². The monoisotopic (exact) mass is 263 g/mol. The minimum Gasteiger partial charge on any atom is -0.370 e. The molecule has 3 aromatic rings. The predicted molar refractivity (Wildman–Crippen MR) is 83.8 cm³/mol. The van der Waals surface area contributed by atoms with Crippen molar-refractivity contribution in [1.82, 2.24) is 9.97 Å². The third-order valence-electron chi connectivity index (χ3n) is 3.20. The van der Waals surface area contributed by atoms with Crippen molar-refractivity contribution in [3.05, 3.63) is 54.7 Å². The highest BCUT2D eigenvalue weighted by Crippen LogP contribution is 2.23. The van der Waals surface area contributed by atoms with Crippen LogP contribution in [-0.2, 0) is 0 Å². The van der Waals surface area contributed by atoms with E-state index < -0.39 is 0 Å². The highest BCUT2D eigenvalue weighted by Gasteiger charge is 2.02. The zero-order valence-electron chi connectivity index (χ0n) is 11.5. The molecule has 0 aliphatic heterocycles. The van der Waals surface area contributed by atoms with Crippen LogP contribution in [0.5, 0.6) is 0 Å². The molecular formula is C17H17N3. The van der Waals surface area contributed by atoms with Crippen molar-refractivity contribution in [2.24, 2.45) is 0 Å². The first-order chi connectivity index (χ1) is 9.86. The molecule has 0 unspecified atom stereocenters. The van der Waals surface area contributed by atoms with Gasteiger partial charge in [-0.05, 0) is 36.8 Å². The van der Waals surface area contributed by atoms with Crippen LogP contribution in [0.15, 0.2) is 54.7 Å². The summed E-state index contributed by atoms with van der Waals surface area (Å²) in [5.74, 6) is 0.927. The Labute approximate surface area is 118 Å². The van der Waals surface area contributed by atoms with E-state index in [0.717, 1.165) is 40.9 Å². The molecule has 0 aliphatic rings. The van der Waals surface area contributed by atoms with Gasteiger partial charge in [0.2, 0.25) is 0 Å². The standard InChI is InChI=1S/C17H17N3/c1-2-10-19-17-7-3-6-16(20-17)14-8-9-15-13(12-14)5-4-11-18-15/h3-9,11-12H,2,10H2,1H3,(H,19,20). The topological polar surface area (TPSA) is 37.8 Å². The molecule has 0 fully saturated rings. The summed E-state index contributed by atoms with van der Waals surface area (Å²) < 4.78 is 0. The van der Waals surface area contributed by atoms with Gasteiger partial charge in [-0.1, -0.05) is 25.1 Å². The highest BCUT2D eigenvalue weighted by atomic mass is 15.0. The number of anilines is 1. The molecule has 0 spiro atoms. The van der Waals surface area contributed by atoms with Crippen molar-refractivity contribution in [2.45, 2.75) is 13.3 Å². The largest absolute Gasteiger partial charge is 0.370 e. The van der Waals surface area contributed by atoms with Gasteiger partial charge in [0.25, 0.3) is 0 Å². The summed E-state index contributed by atoms with van der Waals surface area (Å²) in [5.41, 5.74) is 3.11. The maximum atomic E-state index is 4.66. The lowest BCUT2D eigenvalue weighted by atomic mass is 10.1. The number of fused-ring (bicyclic) bond motifs is 1. The molecule has 1 N–H and O–H groups in total. The summed E-state index contributed by atoms with van der Waals surface area (Å²) in [6.07, 6.45) is 2.91. The molecule has 0 bridgehead atoms. The van der Waals surface area contributed by atoms with E-state index in [4.69, 9.17) is 0 Å². The molecule has 20 heavy (non-hydrogen) atoms. The van der Waals surface area contributed by atoms with Crippen LogP contribution in [0.2, 0.25) is 0 Å². The summed E-state index contributed by atoms with van der Waals surface area (Å²) in [7, 11) is 0. The Hall–Kier alpha value is -2.42. The van der Waals surface area contributed by atoms with Crippen LogP contribution in [0.4, 0.5) is 5.82 Å². The van der Waals surface area contributed by atoms with Crippen LogP contribution in [0.3, 0.4) is 0 Å². The molecule has 0 amide bonds. The van der Waals surface area contributed by atoms with Crippen molar-refractivity contribution < 1.29 is 0 Å². The van der Waals surface area contributed by atoms with Crippen molar-refractivity contribution in [3.63, 3.8) is 0 Å². The SMILES string of the molecule is CCCNc1cccc(-c2ccc3ncccc3c2)n1. The molecule has 1 aromatic carbocycles. The van der Waals surface area contributed by atoms with Gasteiger partial charge < -0.3 is 5.32 Å². The Morgan fingerprint density at radius 3 is 2.90 bits per heavy atom. The third kappa shape index (κ3) is 2.62.